The number of rotatable bonds is 9. The van der Waals surface area contributed by atoms with Gasteiger partial charge in [0, 0.05) is 5.92 Å². The molecule has 0 unspecified atom stereocenters. The maximum Gasteiger partial charge on any atom is 0.241 e. The van der Waals surface area contributed by atoms with E-state index in [4.69, 9.17) is 0 Å². The van der Waals surface area contributed by atoms with Gasteiger partial charge in [-0.1, -0.05) is 85.8 Å². The summed E-state index contributed by atoms with van der Waals surface area (Å²) in [5.74, 6) is 0.392. The number of hydrogen-bond donors (Lipinski definition) is 2. The van der Waals surface area contributed by atoms with Crippen LogP contribution in [0, 0.1) is 0 Å². The zero-order valence-corrected chi connectivity index (χ0v) is 16.8. The van der Waals surface area contributed by atoms with Crippen LogP contribution in [0.5, 0.6) is 0 Å². The first kappa shape index (κ1) is 20.3. The summed E-state index contributed by atoms with van der Waals surface area (Å²) in [5, 5.41) is 2.18. The molecule has 0 saturated carbocycles. The molecule has 0 aliphatic rings. The van der Waals surface area contributed by atoms with Gasteiger partial charge in [-0.3, -0.25) is 0 Å². The summed E-state index contributed by atoms with van der Waals surface area (Å²) in [5.41, 5.74) is 2.26. The first-order chi connectivity index (χ1) is 13.6. The second-order valence-electron chi connectivity index (χ2n) is 6.97. The molecular formula is C23H27N2O2S+. The molecule has 0 bridgehead atoms. The number of nitrogens with two attached hydrogens (primary N) is 1. The van der Waals surface area contributed by atoms with E-state index in [9.17, 15) is 8.42 Å². The van der Waals surface area contributed by atoms with Crippen molar-refractivity contribution in [1.82, 2.24) is 4.72 Å². The Kier molecular flexibility index (Phi) is 6.98. The second kappa shape index (κ2) is 9.64. The molecule has 0 aliphatic carbocycles. The average Bonchev–Trinajstić information content (AvgIpc) is 2.75. The zero-order valence-electron chi connectivity index (χ0n) is 16.0. The molecular weight excluding hydrogens is 368 g/mol. The Hall–Kier alpha value is -2.47. The first-order valence-corrected chi connectivity index (χ1v) is 11.0. The third-order valence-corrected chi connectivity index (χ3v) is 6.33. The van der Waals surface area contributed by atoms with Gasteiger partial charge in [-0.25, -0.2) is 8.42 Å². The fraction of sp³-hybridized carbons (Fsp3) is 0.217. The quantitative estimate of drug-likeness (QED) is 0.585. The van der Waals surface area contributed by atoms with Gasteiger partial charge < -0.3 is 5.32 Å². The number of quaternary nitrogens is 1. The Morgan fingerprint density at radius 3 is 1.82 bits per heavy atom. The largest absolute Gasteiger partial charge is 0.344 e. The lowest BCUT2D eigenvalue weighted by Crippen LogP contribution is -2.86. The predicted molar refractivity (Wildman–Crippen MR) is 112 cm³/mol. The summed E-state index contributed by atoms with van der Waals surface area (Å²) >= 11 is 0. The fourth-order valence-electron chi connectivity index (χ4n) is 3.22. The van der Waals surface area contributed by atoms with Gasteiger partial charge >= 0.3 is 0 Å². The van der Waals surface area contributed by atoms with E-state index in [1.165, 1.54) is 5.56 Å². The minimum absolute atomic E-state index is 0.286. The van der Waals surface area contributed by atoms with E-state index in [0.29, 0.717) is 12.5 Å². The molecule has 146 valence electrons. The SMILES string of the molecule is C[C@H](C[NH2+]C[C@@H](NS(=O)(=O)c1ccccc1)c1ccccc1)c1ccccc1. The van der Waals surface area contributed by atoms with Crippen LogP contribution in [0.1, 0.15) is 30.0 Å². The molecule has 3 N–H and O–H groups in total. The number of hydrogen-bond acceptors (Lipinski definition) is 2. The molecule has 4 nitrogen and oxygen atoms in total. The topological polar surface area (TPSA) is 62.8 Å². The number of nitrogens with one attached hydrogen (secondary N) is 1. The van der Waals surface area contributed by atoms with E-state index < -0.39 is 10.0 Å². The Morgan fingerprint density at radius 2 is 1.25 bits per heavy atom. The van der Waals surface area contributed by atoms with Crippen LogP contribution in [0.2, 0.25) is 0 Å². The standard InChI is InChI=1S/C23H26N2O2S/c1-19(20-11-5-2-6-12-20)17-24-18-23(21-13-7-3-8-14-21)25-28(26,27)22-15-9-4-10-16-22/h2-16,19,23-25H,17-18H2,1H3/p+1/t19-,23-/m1/s1. The van der Waals surface area contributed by atoms with Gasteiger partial charge in [0.25, 0.3) is 0 Å². The molecule has 3 aromatic rings. The van der Waals surface area contributed by atoms with Gasteiger partial charge in [-0.15, -0.1) is 0 Å². The van der Waals surface area contributed by atoms with Gasteiger partial charge in [0.15, 0.2) is 0 Å². The van der Waals surface area contributed by atoms with E-state index in [1.54, 1.807) is 24.3 Å². The third kappa shape index (κ3) is 5.52. The molecule has 0 spiro atoms. The number of benzene rings is 3. The van der Waals surface area contributed by atoms with E-state index >= 15 is 0 Å². The van der Waals surface area contributed by atoms with Crippen molar-refractivity contribution in [2.24, 2.45) is 0 Å². The van der Waals surface area contributed by atoms with Crippen molar-refractivity contribution in [2.75, 3.05) is 13.1 Å². The highest BCUT2D eigenvalue weighted by molar-refractivity contribution is 7.89. The van der Waals surface area contributed by atoms with E-state index in [2.05, 4.69) is 29.1 Å². The average molecular weight is 396 g/mol. The molecule has 0 aromatic heterocycles. The summed E-state index contributed by atoms with van der Waals surface area (Å²) in [4.78, 5) is 0.286. The lowest BCUT2D eigenvalue weighted by molar-refractivity contribution is -0.659. The van der Waals surface area contributed by atoms with Crippen LogP contribution in [-0.2, 0) is 10.0 Å². The summed E-state index contributed by atoms with van der Waals surface area (Å²) in [6.07, 6.45) is 0. The molecule has 5 heteroatoms. The Morgan fingerprint density at radius 1 is 0.750 bits per heavy atom. The molecule has 0 amide bonds. The first-order valence-electron chi connectivity index (χ1n) is 9.55. The Bertz CT molecular complexity index is 946. The van der Waals surface area contributed by atoms with Gasteiger partial charge in [-0.2, -0.15) is 4.72 Å². The summed E-state index contributed by atoms with van der Waals surface area (Å²) in [7, 11) is -3.58. The summed E-state index contributed by atoms with van der Waals surface area (Å²) in [6, 6.07) is 28.3. The second-order valence-corrected chi connectivity index (χ2v) is 8.68. The maximum absolute atomic E-state index is 12.8. The van der Waals surface area contributed by atoms with E-state index in [1.807, 2.05) is 54.6 Å². The van der Waals surface area contributed by atoms with Crippen LogP contribution in [0.4, 0.5) is 0 Å². The van der Waals surface area contributed by atoms with Crippen molar-refractivity contribution in [3.05, 3.63) is 102 Å². The highest BCUT2D eigenvalue weighted by atomic mass is 32.2. The van der Waals surface area contributed by atoms with E-state index in [-0.39, 0.29) is 10.9 Å². The van der Waals surface area contributed by atoms with Crippen molar-refractivity contribution < 1.29 is 13.7 Å². The van der Waals surface area contributed by atoms with Gasteiger partial charge in [0.1, 0.15) is 0 Å². The molecule has 0 fully saturated rings. The monoisotopic (exact) mass is 395 g/mol. The van der Waals surface area contributed by atoms with Crippen LogP contribution in [0.15, 0.2) is 95.9 Å². The highest BCUT2D eigenvalue weighted by Crippen LogP contribution is 2.16. The van der Waals surface area contributed by atoms with E-state index in [0.717, 1.165) is 12.1 Å². The zero-order chi connectivity index (χ0) is 19.8. The van der Waals surface area contributed by atoms with Gasteiger partial charge in [-0.05, 0) is 23.3 Å². The fourth-order valence-corrected chi connectivity index (χ4v) is 4.48. The van der Waals surface area contributed by atoms with Crippen LogP contribution in [0.25, 0.3) is 0 Å². The molecule has 2 atom stereocenters. The molecule has 0 saturated heterocycles. The van der Waals surface area contributed by atoms with Crippen LogP contribution in [-0.4, -0.2) is 21.5 Å². The van der Waals surface area contributed by atoms with Crippen molar-refractivity contribution >= 4 is 10.0 Å². The van der Waals surface area contributed by atoms with Crippen LogP contribution in [0.3, 0.4) is 0 Å². The molecule has 0 heterocycles. The minimum Gasteiger partial charge on any atom is -0.344 e. The predicted octanol–water partition coefficient (Wildman–Crippen LogP) is 3.07. The normalized spacial score (nSPS) is 13.8. The maximum atomic E-state index is 12.8. The molecule has 0 aliphatic heterocycles. The van der Waals surface area contributed by atoms with Gasteiger partial charge in [0.2, 0.25) is 10.0 Å². The Labute approximate surface area is 167 Å². The lowest BCUT2D eigenvalue weighted by atomic mass is 10.0. The number of sulfonamides is 1. The summed E-state index contributed by atoms with van der Waals surface area (Å²) in [6.45, 7) is 3.71. The van der Waals surface area contributed by atoms with Crippen LogP contribution < -0.4 is 10.0 Å². The van der Waals surface area contributed by atoms with Crippen molar-refractivity contribution in [3.63, 3.8) is 0 Å². The molecule has 3 aromatic carbocycles. The van der Waals surface area contributed by atoms with Crippen LogP contribution >= 0.6 is 0 Å². The van der Waals surface area contributed by atoms with Crippen molar-refractivity contribution in [1.29, 1.82) is 0 Å². The lowest BCUT2D eigenvalue weighted by Gasteiger charge is -2.19. The molecule has 3 rings (SSSR count). The van der Waals surface area contributed by atoms with Crippen molar-refractivity contribution in [3.8, 4) is 0 Å². The molecule has 28 heavy (non-hydrogen) atoms. The highest BCUT2D eigenvalue weighted by Gasteiger charge is 2.23. The summed E-state index contributed by atoms with van der Waals surface area (Å²) < 4.78 is 28.5. The van der Waals surface area contributed by atoms with Crippen molar-refractivity contribution in [2.45, 2.75) is 23.8 Å². The molecule has 0 radical (unpaired) electrons. The Balaban J connectivity index is 1.70. The minimum atomic E-state index is -3.58. The van der Waals surface area contributed by atoms with Gasteiger partial charge in [0.05, 0.1) is 24.0 Å². The third-order valence-electron chi connectivity index (χ3n) is 4.84. The smallest absolute Gasteiger partial charge is 0.241 e.